The molecular formula is C11H9N5O. The van der Waals surface area contributed by atoms with Gasteiger partial charge in [-0.15, -0.1) is 0 Å². The molecule has 17 heavy (non-hydrogen) atoms. The summed E-state index contributed by atoms with van der Waals surface area (Å²) < 4.78 is 1.69. The van der Waals surface area contributed by atoms with Gasteiger partial charge in [-0.1, -0.05) is 18.2 Å². The molecule has 0 amide bonds. The van der Waals surface area contributed by atoms with Crippen molar-refractivity contribution in [1.29, 1.82) is 0 Å². The molecule has 2 aromatic heterocycles. The van der Waals surface area contributed by atoms with E-state index in [1.165, 1.54) is 6.33 Å². The van der Waals surface area contributed by atoms with Crippen LogP contribution in [0, 0.1) is 0 Å². The van der Waals surface area contributed by atoms with Gasteiger partial charge in [-0.25, -0.2) is 14.6 Å². The Bertz CT molecular complexity index is 649. The maximum Gasteiger partial charge on any atom is 0.168 e. The van der Waals surface area contributed by atoms with E-state index in [2.05, 4.69) is 15.1 Å². The molecule has 1 aromatic carbocycles. The van der Waals surface area contributed by atoms with E-state index in [0.717, 1.165) is 5.69 Å². The Hall–Kier alpha value is -2.47. The Balaban J connectivity index is 2.26. The van der Waals surface area contributed by atoms with E-state index in [0.29, 0.717) is 16.9 Å². The van der Waals surface area contributed by atoms with Gasteiger partial charge >= 0.3 is 0 Å². The number of fused-ring (bicyclic) bond motifs is 1. The summed E-state index contributed by atoms with van der Waals surface area (Å²) in [7, 11) is 0. The van der Waals surface area contributed by atoms with E-state index in [9.17, 15) is 0 Å². The van der Waals surface area contributed by atoms with Crippen LogP contribution in [0.2, 0.25) is 0 Å². The van der Waals surface area contributed by atoms with Crippen LogP contribution in [0.1, 0.15) is 0 Å². The van der Waals surface area contributed by atoms with Gasteiger partial charge in [0.05, 0.1) is 17.3 Å². The van der Waals surface area contributed by atoms with E-state index < -0.39 is 0 Å². The van der Waals surface area contributed by atoms with Crippen molar-refractivity contribution in [3.05, 3.63) is 42.9 Å². The molecule has 2 heterocycles. The molecule has 0 aliphatic heterocycles. The highest BCUT2D eigenvalue weighted by molar-refractivity contribution is 5.86. The highest BCUT2D eigenvalue weighted by atomic mass is 16.5. The van der Waals surface area contributed by atoms with E-state index in [-0.39, 0.29) is 0 Å². The van der Waals surface area contributed by atoms with Crippen LogP contribution >= 0.6 is 0 Å². The maximum atomic E-state index is 8.94. The number of aromatic nitrogens is 4. The molecule has 0 saturated heterocycles. The molecular weight excluding hydrogens is 218 g/mol. The van der Waals surface area contributed by atoms with E-state index in [1.807, 2.05) is 35.8 Å². The second-order valence-corrected chi connectivity index (χ2v) is 3.46. The summed E-state index contributed by atoms with van der Waals surface area (Å²) in [6.45, 7) is 0. The summed E-state index contributed by atoms with van der Waals surface area (Å²) in [6.07, 6.45) is 2.99. The molecule has 0 bridgehead atoms. The van der Waals surface area contributed by atoms with Gasteiger partial charge in [-0.05, 0) is 12.1 Å². The third kappa shape index (κ3) is 1.51. The Kier molecular flexibility index (Phi) is 2.20. The average Bonchev–Trinajstić information content (AvgIpc) is 2.83. The third-order valence-electron chi connectivity index (χ3n) is 2.47. The minimum absolute atomic E-state index is 0.345. The highest BCUT2D eigenvalue weighted by Crippen LogP contribution is 2.20. The van der Waals surface area contributed by atoms with Gasteiger partial charge < -0.3 is 0 Å². The number of nitrogens with one attached hydrogen (secondary N) is 1. The molecule has 0 aliphatic carbocycles. The van der Waals surface area contributed by atoms with E-state index in [1.54, 1.807) is 10.9 Å². The fourth-order valence-corrected chi connectivity index (χ4v) is 1.69. The molecule has 0 radical (unpaired) electrons. The highest BCUT2D eigenvalue weighted by Gasteiger charge is 2.09. The molecule has 2 N–H and O–H groups in total. The first kappa shape index (κ1) is 9.73. The summed E-state index contributed by atoms with van der Waals surface area (Å²) in [6, 6.07) is 9.65. The van der Waals surface area contributed by atoms with Crippen molar-refractivity contribution in [2.45, 2.75) is 0 Å². The fourth-order valence-electron chi connectivity index (χ4n) is 1.69. The van der Waals surface area contributed by atoms with Crippen molar-refractivity contribution in [3.63, 3.8) is 0 Å². The summed E-state index contributed by atoms with van der Waals surface area (Å²) >= 11 is 0. The number of nitrogens with zero attached hydrogens (tertiary/aromatic N) is 4. The summed E-state index contributed by atoms with van der Waals surface area (Å²) in [5, 5.41) is 13.8. The zero-order chi connectivity index (χ0) is 11.7. The normalized spacial score (nSPS) is 10.6. The van der Waals surface area contributed by atoms with Crippen LogP contribution in [0.5, 0.6) is 0 Å². The second-order valence-electron chi connectivity index (χ2n) is 3.46. The first-order valence-electron chi connectivity index (χ1n) is 5.04. The predicted molar refractivity (Wildman–Crippen MR) is 62.1 cm³/mol. The minimum Gasteiger partial charge on any atom is -0.290 e. The molecule has 0 fully saturated rings. The van der Waals surface area contributed by atoms with Crippen molar-refractivity contribution < 1.29 is 5.21 Å². The molecule has 0 unspecified atom stereocenters. The number of rotatable bonds is 2. The number of anilines is 1. The minimum atomic E-state index is 0.345. The zero-order valence-corrected chi connectivity index (χ0v) is 8.78. The number of benzene rings is 1. The lowest BCUT2D eigenvalue weighted by molar-refractivity contribution is 0.387. The van der Waals surface area contributed by atoms with Gasteiger partial charge in [-0.3, -0.25) is 10.7 Å². The Morgan fingerprint density at radius 2 is 1.94 bits per heavy atom. The quantitative estimate of drug-likeness (QED) is 0.650. The Morgan fingerprint density at radius 1 is 1.12 bits per heavy atom. The molecule has 0 aliphatic rings. The molecule has 0 spiro atoms. The van der Waals surface area contributed by atoms with Crippen molar-refractivity contribution >= 4 is 16.9 Å². The smallest absolute Gasteiger partial charge is 0.168 e. The molecule has 6 heteroatoms. The van der Waals surface area contributed by atoms with Gasteiger partial charge in [0, 0.05) is 0 Å². The first-order chi connectivity index (χ1) is 8.40. The van der Waals surface area contributed by atoms with Crippen molar-refractivity contribution in [2.75, 3.05) is 5.48 Å². The lowest BCUT2D eigenvalue weighted by Gasteiger charge is -2.02. The van der Waals surface area contributed by atoms with Gasteiger partial charge in [0.25, 0.3) is 0 Å². The van der Waals surface area contributed by atoms with E-state index in [4.69, 9.17) is 5.21 Å². The van der Waals surface area contributed by atoms with Crippen LogP contribution in [-0.4, -0.2) is 25.0 Å². The fraction of sp³-hybridized carbons (Fsp3) is 0. The largest absolute Gasteiger partial charge is 0.290 e. The molecule has 0 atom stereocenters. The SMILES string of the molecule is ONc1ncnc2c1cnn2-c1ccccc1. The lowest BCUT2D eigenvalue weighted by atomic mass is 10.3. The van der Waals surface area contributed by atoms with Gasteiger partial charge in [0.2, 0.25) is 0 Å². The monoisotopic (exact) mass is 227 g/mol. The van der Waals surface area contributed by atoms with Crippen LogP contribution < -0.4 is 5.48 Å². The molecule has 0 saturated carbocycles. The predicted octanol–water partition coefficient (Wildman–Crippen LogP) is 1.62. The van der Waals surface area contributed by atoms with Crippen LogP contribution in [0.15, 0.2) is 42.9 Å². The third-order valence-corrected chi connectivity index (χ3v) is 2.47. The van der Waals surface area contributed by atoms with Crippen LogP contribution in [0.3, 0.4) is 0 Å². The summed E-state index contributed by atoms with van der Waals surface area (Å²) in [5.74, 6) is 0.345. The summed E-state index contributed by atoms with van der Waals surface area (Å²) in [5.41, 5.74) is 3.58. The van der Waals surface area contributed by atoms with Crippen LogP contribution in [0.25, 0.3) is 16.7 Å². The number of hydrogen-bond acceptors (Lipinski definition) is 5. The number of para-hydroxylation sites is 1. The van der Waals surface area contributed by atoms with Crippen LogP contribution in [-0.2, 0) is 0 Å². The average molecular weight is 227 g/mol. The standard InChI is InChI=1S/C11H9N5O/c17-15-10-9-6-14-16(11(9)13-7-12-10)8-4-2-1-3-5-8/h1-7,17H,(H,12,13,15). The Labute approximate surface area is 96.5 Å². The summed E-state index contributed by atoms with van der Waals surface area (Å²) in [4.78, 5) is 8.07. The molecule has 6 nitrogen and oxygen atoms in total. The van der Waals surface area contributed by atoms with Crippen molar-refractivity contribution in [2.24, 2.45) is 0 Å². The second kappa shape index (κ2) is 3.84. The molecule has 3 aromatic rings. The van der Waals surface area contributed by atoms with E-state index >= 15 is 0 Å². The van der Waals surface area contributed by atoms with Gasteiger partial charge in [-0.2, -0.15) is 5.10 Å². The Morgan fingerprint density at radius 3 is 2.71 bits per heavy atom. The molecule has 3 rings (SSSR count). The topological polar surface area (TPSA) is 75.9 Å². The zero-order valence-electron chi connectivity index (χ0n) is 8.78. The number of hydrogen-bond donors (Lipinski definition) is 2. The maximum absolute atomic E-state index is 8.94. The lowest BCUT2D eigenvalue weighted by Crippen LogP contribution is -1.99. The molecule has 84 valence electrons. The van der Waals surface area contributed by atoms with Gasteiger partial charge in [0.1, 0.15) is 6.33 Å². The van der Waals surface area contributed by atoms with Gasteiger partial charge in [0.15, 0.2) is 11.5 Å². The van der Waals surface area contributed by atoms with Crippen molar-refractivity contribution in [3.8, 4) is 5.69 Å². The van der Waals surface area contributed by atoms with Crippen LogP contribution in [0.4, 0.5) is 5.82 Å². The van der Waals surface area contributed by atoms with Crippen molar-refractivity contribution in [1.82, 2.24) is 19.7 Å². The first-order valence-corrected chi connectivity index (χ1v) is 5.04.